The van der Waals surface area contributed by atoms with Gasteiger partial charge in [0.1, 0.15) is 0 Å². The highest BCUT2D eigenvalue weighted by molar-refractivity contribution is 4.92. The zero-order chi connectivity index (χ0) is 13.1. The van der Waals surface area contributed by atoms with Crippen LogP contribution >= 0.6 is 0 Å². The molecule has 0 amide bonds. The average molecular weight is 266 g/mol. The van der Waals surface area contributed by atoms with Gasteiger partial charge in [0, 0.05) is 31.2 Å². The van der Waals surface area contributed by atoms with Gasteiger partial charge in [0.05, 0.1) is 12.7 Å². The molecule has 3 nitrogen and oxygen atoms in total. The van der Waals surface area contributed by atoms with Crippen molar-refractivity contribution in [1.29, 1.82) is 0 Å². The molecule has 0 bridgehead atoms. The van der Waals surface area contributed by atoms with E-state index in [1.54, 1.807) is 0 Å². The molecule has 3 atom stereocenters. The van der Waals surface area contributed by atoms with Crippen molar-refractivity contribution in [1.82, 2.24) is 10.2 Å². The Hall–Kier alpha value is -0.120. The second-order valence-electron chi connectivity index (χ2n) is 6.74. The van der Waals surface area contributed by atoms with Crippen molar-refractivity contribution in [2.24, 2.45) is 0 Å². The van der Waals surface area contributed by atoms with Crippen LogP contribution in [0.5, 0.6) is 0 Å². The number of nitrogens with zero attached hydrogens (tertiary/aromatic N) is 1. The molecule has 2 saturated carbocycles. The number of hydrogen-bond acceptors (Lipinski definition) is 3. The molecule has 19 heavy (non-hydrogen) atoms. The molecule has 3 aliphatic rings. The summed E-state index contributed by atoms with van der Waals surface area (Å²) in [5, 5.41) is 3.82. The van der Waals surface area contributed by atoms with E-state index >= 15 is 0 Å². The van der Waals surface area contributed by atoms with Crippen LogP contribution < -0.4 is 5.32 Å². The van der Waals surface area contributed by atoms with E-state index in [1.807, 2.05) is 0 Å². The summed E-state index contributed by atoms with van der Waals surface area (Å²) >= 11 is 0. The van der Waals surface area contributed by atoms with Crippen molar-refractivity contribution >= 4 is 0 Å². The van der Waals surface area contributed by atoms with E-state index in [0.29, 0.717) is 18.2 Å². The van der Waals surface area contributed by atoms with Crippen molar-refractivity contribution in [3.63, 3.8) is 0 Å². The molecule has 0 aromatic heterocycles. The largest absolute Gasteiger partial charge is 0.375 e. The minimum atomic E-state index is 0.533. The minimum Gasteiger partial charge on any atom is -0.375 e. The van der Waals surface area contributed by atoms with Crippen molar-refractivity contribution in [3.8, 4) is 0 Å². The van der Waals surface area contributed by atoms with Crippen molar-refractivity contribution < 1.29 is 4.74 Å². The van der Waals surface area contributed by atoms with Crippen LogP contribution in [0.3, 0.4) is 0 Å². The molecular weight excluding hydrogens is 236 g/mol. The number of ether oxygens (including phenoxy) is 1. The lowest BCUT2D eigenvalue weighted by molar-refractivity contribution is -0.0690. The lowest BCUT2D eigenvalue weighted by Gasteiger charge is -2.42. The summed E-state index contributed by atoms with van der Waals surface area (Å²) in [7, 11) is 0. The molecule has 0 radical (unpaired) electrons. The fourth-order valence-corrected chi connectivity index (χ4v) is 4.26. The van der Waals surface area contributed by atoms with Crippen molar-refractivity contribution in [3.05, 3.63) is 0 Å². The van der Waals surface area contributed by atoms with Gasteiger partial charge in [0.2, 0.25) is 0 Å². The minimum absolute atomic E-state index is 0.533. The third-order valence-corrected chi connectivity index (χ3v) is 5.40. The van der Waals surface area contributed by atoms with Gasteiger partial charge in [0.15, 0.2) is 0 Å². The number of fused-ring (bicyclic) bond motifs is 1. The van der Waals surface area contributed by atoms with E-state index < -0.39 is 0 Å². The third-order valence-electron chi connectivity index (χ3n) is 5.40. The highest BCUT2D eigenvalue weighted by Gasteiger charge is 2.37. The number of nitrogens with one attached hydrogen (secondary N) is 1. The Morgan fingerprint density at radius 2 is 1.95 bits per heavy atom. The van der Waals surface area contributed by atoms with Crippen molar-refractivity contribution in [2.45, 2.75) is 82.5 Å². The average Bonchev–Trinajstić information content (AvgIpc) is 2.94. The van der Waals surface area contributed by atoms with Crippen molar-refractivity contribution in [2.75, 3.05) is 19.7 Å². The topological polar surface area (TPSA) is 24.5 Å². The van der Waals surface area contributed by atoms with Crippen LogP contribution in [-0.2, 0) is 4.74 Å². The van der Waals surface area contributed by atoms with Gasteiger partial charge in [-0.25, -0.2) is 0 Å². The number of hydrogen-bond donors (Lipinski definition) is 1. The first kappa shape index (κ1) is 13.8. The second kappa shape index (κ2) is 6.55. The Bertz CT molecular complexity index is 278. The predicted molar refractivity (Wildman–Crippen MR) is 78.4 cm³/mol. The fourth-order valence-electron chi connectivity index (χ4n) is 4.26. The van der Waals surface area contributed by atoms with E-state index in [-0.39, 0.29) is 0 Å². The maximum Gasteiger partial charge on any atom is 0.0731 e. The molecule has 3 heteroatoms. The molecule has 1 aliphatic heterocycles. The van der Waals surface area contributed by atoms with E-state index in [1.165, 1.54) is 51.4 Å². The molecule has 3 unspecified atom stereocenters. The summed E-state index contributed by atoms with van der Waals surface area (Å²) in [4.78, 5) is 2.72. The first-order valence-electron chi connectivity index (χ1n) is 8.45. The third kappa shape index (κ3) is 3.32. The Kier molecular flexibility index (Phi) is 4.78. The summed E-state index contributed by atoms with van der Waals surface area (Å²) in [6, 6.07) is 2.16. The van der Waals surface area contributed by atoms with Gasteiger partial charge in [-0.3, -0.25) is 4.90 Å². The molecule has 1 heterocycles. The van der Waals surface area contributed by atoms with Gasteiger partial charge in [-0.1, -0.05) is 19.3 Å². The SMILES string of the molecule is CC(CNC1CCCCC1)N1CCOC2CCCC21. The van der Waals surface area contributed by atoms with Crippen LogP contribution in [0.4, 0.5) is 0 Å². The van der Waals surface area contributed by atoms with Gasteiger partial charge in [-0.15, -0.1) is 0 Å². The van der Waals surface area contributed by atoms with E-state index in [0.717, 1.165) is 25.7 Å². The van der Waals surface area contributed by atoms with Crippen LogP contribution in [0.15, 0.2) is 0 Å². The fraction of sp³-hybridized carbons (Fsp3) is 1.00. The Morgan fingerprint density at radius 3 is 2.79 bits per heavy atom. The monoisotopic (exact) mass is 266 g/mol. The summed E-state index contributed by atoms with van der Waals surface area (Å²) in [6.45, 7) is 5.63. The van der Waals surface area contributed by atoms with Gasteiger partial charge < -0.3 is 10.1 Å². The predicted octanol–water partition coefficient (Wildman–Crippen LogP) is 2.55. The number of rotatable bonds is 4. The summed E-state index contributed by atoms with van der Waals surface area (Å²) in [6.07, 6.45) is 11.6. The molecule has 2 aliphatic carbocycles. The van der Waals surface area contributed by atoms with Gasteiger partial charge in [0.25, 0.3) is 0 Å². The molecule has 3 fully saturated rings. The quantitative estimate of drug-likeness (QED) is 0.846. The summed E-state index contributed by atoms with van der Waals surface area (Å²) in [5.41, 5.74) is 0. The second-order valence-corrected chi connectivity index (χ2v) is 6.74. The normalized spacial score (nSPS) is 35.2. The molecule has 0 spiro atoms. The summed E-state index contributed by atoms with van der Waals surface area (Å²) in [5.74, 6) is 0. The first-order chi connectivity index (χ1) is 9.34. The number of morpholine rings is 1. The van der Waals surface area contributed by atoms with Crippen LogP contribution in [0.25, 0.3) is 0 Å². The van der Waals surface area contributed by atoms with Crippen LogP contribution in [0, 0.1) is 0 Å². The van der Waals surface area contributed by atoms with E-state index in [9.17, 15) is 0 Å². The van der Waals surface area contributed by atoms with Gasteiger partial charge in [-0.2, -0.15) is 0 Å². The first-order valence-corrected chi connectivity index (χ1v) is 8.45. The van der Waals surface area contributed by atoms with Gasteiger partial charge >= 0.3 is 0 Å². The van der Waals surface area contributed by atoms with Crippen LogP contribution in [0.1, 0.15) is 58.3 Å². The highest BCUT2D eigenvalue weighted by atomic mass is 16.5. The van der Waals surface area contributed by atoms with Crippen LogP contribution in [-0.4, -0.2) is 48.8 Å². The molecule has 110 valence electrons. The molecule has 1 N–H and O–H groups in total. The molecular formula is C16H30N2O. The lowest BCUT2D eigenvalue weighted by Crippen LogP contribution is -2.55. The molecule has 1 saturated heterocycles. The molecule has 0 aromatic rings. The maximum atomic E-state index is 5.91. The molecule has 0 aromatic carbocycles. The summed E-state index contributed by atoms with van der Waals surface area (Å²) < 4.78 is 5.91. The smallest absolute Gasteiger partial charge is 0.0731 e. The Balaban J connectivity index is 1.47. The Morgan fingerprint density at radius 1 is 1.11 bits per heavy atom. The lowest BCUT2D eigenvalue weighted by atomic mass is 9.95. The van der Waals surface area contributed by atoms with E-state index in [4.69, 9.17) is 4.74 Å². The standard InChI is InChI=1S/C16H30N2O/c1-13(12-17-14-6-3-2-4-7-14)18-10-11-19-16-9-5-8-15(16)18/h13-17H,2-12H2,1H3. The zero-order valence-electron chi connectivity index (χ0n) is 12.4. The van der Waals surface area contributed by atoms with Crippen LogP contribution in [0.2, 0.25) is 0 Å². The maximum absolute atomic E-state index is 5.91. The zero-order valence-corrected chi connectivity index (χ0v) is 12.4. The Labute approximate surface area is 118 Å². The highest BCUT2D eigenvalue weighted by Crippen LogP contribution is 2.30. The van der Waals surface area contributed by atoms with E-state index in [2.05, 4.69) is 17.1 Å². The molecule has 3 rings (SSSR count). The van der Waals surface area contributed by atoms with Gasteiger partial charge in [-0.05, 0) is 39.0 Å².